The number of benzene rings is 1. The average Bonchev–Trinajstić information content (AvgIpc) is 2.63. The van der Waals surface area contributed by atoms with E-state index in [1.54, 1.807) is 26.0 Å². The van der Waals surface area contributed by atoms with Gasteiger partial charge in [-0.15, -0.1) is 4.91 Å². The van der Waals surface area contributed by atoms with Crippen LogP contribution in [0.15, 0.2) is 34.3 Å². The Labute approximate surface area is 110 Å². The van der Waals surface area contributed by atoms with Gasteiger partial charge in [0.1, 0.15) is 0 Å². The van der Waals surface area contributed by atoms with Gasteiger partial charge in [0.25, 0.3) is 0 Å². The molecule has 0 fully saturated rings. The van der Waals surface area contributed by atoms with Crippen molar-refractivity contribution in [3.8, 4) is 5.69 Å². The van der Waals surface area contributed by atoms with E-state index in [4.69, 9.17) is 5.14 Å². The third kappa shape index (κ3) is 2.40. The summed E-state index contributed by atoms with van der Waals surface area (Å²) in [6, 6.07) is 5.89. The zero-order valence-corrected chi connectivity index (χ0v) is 11.2. The number of hydrogen-bond donors (Lipinski definition) is 1. The fraction of sp³-hybridized carbons (Fsp3) is 0.182. The Kier molecular flexibility index (Phi) is 3.21. The van der Waals surface area contributed by atoms with Gasteiger partial charge in [-0.25, -0.2) is 18.2 Å². The van der Waals surface area contributed by atoms with Crippen LogP contribution in [-0.2, 0) is 10.0 Å². The van der Waals surface area contributed by atoms with Gasteiger partial charge in [-0.2, -0.15) is 5.10 Å². The second kappa shape index (κ2) is 4.56. The van der Waals surface area contributed by atoms with E-state index in [2.05, 4.69) is 10.3 Å². The van der Waals surface area contributed by atoms with Crippen molar-refractivity contribution in [1.82, 2.24) is 9.78 Å². The molecule has 0 aliphatic rings. The van der Waals surface area contributed by atoms with Crippen molar-refractivity contribution in [3.05, 3.63) is 40.6 Å². The predicted molar refractivity (Wildman–Crippen MR) is 69.9 cm³/mol. The summed E-state index contributed by atoms with van der Waals surface area (Å²) in [5, 5.41) is 12.1. The van der Waals surface area contributed by atoms with Gasteiger partial charge in [0.2, 0.25) is 10.0 Å². The molecule has 0 aliphatic carbocycles. The summed E-state index contributed by atoms with van der Waals surface area (Å²) in [7, 11) is -3.72. The molecule has 0 bridgehead atoms. The molecule has 2 rings (SSSR count). The maximum Gasteiger partial charge on any atom is 0.238 e. The topological polar surface area (TPSA) is 107 Å². The van der Waals surface area contributed by atoms with Crippen molar-refractivity contribution in [2.24, 2.45) is 10.3 Å². The first-order chi connectivity index (χ1) is 8.84. The van der Waals surface area contributed by atoms with Crippen molar-refractivity contribution < 1.29 is 8.42 Å². The molecule has 0 aliphatic heterocycles. The number of primary sulfonamides is 1. The zero-order chi connectivity index (χ0) is 14.2. The number of hydrogen-bond acceptors (Lipinski definition) is 5. The molecule has 100 valence electrons. The van der Waals surface area contributed by atoms with Gasteiger partial charge >= 0.3 is 0 Å². The molecule has 7 nitrogen and oxygen atoms in total. The number of nitrogens with zero attached hydrogens (tertiary/aromatic N) is 3. The summed E-state index contributed by atoms with van der Waals surface area (Å²) in [6.45, 7) is 3.39. The van der Waals surface area contributed by atoms with Gasteiger partial charge in [0, 0.05) is 0 Å². The molecule has 1 aromatic heterocycles. The molecule has 0 radical (unpaired) electrons. The Morgan fingerprint density at radius 2 is 1.79 bits per heavy atom. The van der Waals surface area contributed by atoms with Crippen LogP contribution in [0.4, 0.5) is 5.69 Å². The van der Waals surface area contributed by atoms with E-state index in [0.717, 1.165) is 0 Å². The monoisotopic (exact) mass is 280 g/mol. The predicted octanol–water partition coefficient (Wildman–Crippen LogP) is 1.53. The van der Waals surface area contributed by atoms with Crippen molar-refractivity contribution in [3.63, 3.8) is 0 Å². The summed E-state index contributed by atoms with van der Waals surface area (Å²) in [6.07, 6.45) is 0. The second-order valence-corrected chi connectivity index (χ2v) is 5.62. The summed E-state index contributed by atoms with van der Waals surface area (Å²) in [5.74, 6) is 0. The molecule has 2 aromatic rings. The Morgan fingerprint density at radius 3 is 2.21 bits per heavy atom. The van der Waals surface area contributed by atoms with Crippen LogP contribution in [0, 0.1) is 18.8 Å². The van der Waals surface area contributed by atoms with Gasteiger partial charge in [0.05, 0.1) is 22.0 Å². The SMILES string of the molecule is Cc1nn(-c2ccc(S(N)(=O)=O)cc2)c(C)c1N=O. The van der Waals surface area contributed by atoms with Crippen molar-refractivity contribution >= 4 is 15.7 Å². The molecular formula is C11H12N4O3S. The smallest absolute Gasteiger partial charge is 0.235 e. The molecule has 0 spiro atoms. The van der Waals surface area contributed by atoms with Crippen LogP contribution in [0.25, 0.3) is 5.69 Å². The first kappa shape index (κ1) is 13.4. The highest BCUT2D eigenvalue weighted by atomic mass is 32.2. The van der Waals surface area contributed by atoms with Crippen molar-refractivity contribution in [2.45, 2.75) is 18.7 Å². The normalized spacial score (nSPS) is 11.5. The first-order valence-corrected chi connectivity index (χ1v) is 6.92. The van der Waals surface area contributed by atoms with Crippen molar-refractivity contribution in [2.75, 3.05) is 0 Å². The fourth-order valence-electron chi connectivity index (χ4n) is 1.79. The third-order valence-electron chi connectivity index (χ3n) is 2.75. The number of nitrogens with two attached hydrogens (primary N) is 1. The highest BCUT2D eigenvalue weighted by Gasteiger charge is 2.14. The Bertz CT molecular complexity index is 732. The van der Waals surface area contributed by atoms with Gasteiger partial charge in [-0.1, -0.05) is 0 Å². The quantitative estimate of drug-likeness (QED) is 0.860. The Hall–Kier alpha value is -2.06. The van der Waals surface area contributed by atoms with E-state index >= 15 is 0 Å². The Balaban J connectivity index is 2.52. The van der Waals surface area contributed by atoms with Crippen LogP contribution >= 0.6 is 0 Å². The lowest BCUT2D eigenvalue weighted by Crippen LogP contribution is -2.12. The number of nitroso groups, excluding NO2 is 1. The molecule has 0 saturated heterocycles. The van der Waals surface area contributed by atoms with Crippen molar-refractivity contribution in [1.29, 1.82) is 0 Å². The number of rotatable bonds is 3. The summed E-state index contributed by atoms with van der Waals surface area (Å²) < 4.78 is 23.8. The van der Waals surface area contributed by atoms with Crippen LogP contribution in [0.3, 0.4) is 0 Å². The highest BCUT2D eigenvalue weighted by molar-refractivity contribution is 7.89. The van der Waals surface area contributed by atoms with Crippen LogP contribution in [0.1, 0.15) is 11.4 Å². The maximum atomic E-state index is 11.2. The van der Waals surface area contributed by atoms with Gasteiger partial charge < -0.3 is 0 Å². The number of sulfonamides is 1. The zero-order valence-electron chi connectivity index (χ0n) is 10.4. The van der Waals surface area contributed by atoms with E-state index in [1.807, 2.05) is 0 Å². The van der Waals surface area contributed by atoms with E-state index in [9.17, 15) is 13.3 Å². The molecule has 19 heavy (non-hydrogen) atoms. The average molecular weight is 280 g/mol. The molecular weight excluding hydrogens is 268 g/mol. The van der Waals surface area contributed by atoms with Crippen LogP contribution in [-0.4, -0.2) is 18.2 Å². The Morgan fingerprint density at radius 1 is 1.21 bits per heavy atom. The van der Waals surface area contributed by atoms with E-state index in [1.165, 1.54) is 16.8 Å². The van der Waals surface area contributed by atoms with Crippen LogP contribution in [0.5, 0.6) is 0 Å². The highest BCUT2D eigenvalue weighted by Crippen LogP contribution is 2.25. The number of aryl methyl sites for hydroxylation is 1. The van der Waals surface area contributed by atoms with E-state index in [0.29, 0.717) is 17.1 Å². The van der Waals surface area contributed by atoms with Gasteiger partial charge in [-0.3, -0.25) is 0 Å². The first-order valence-electron chi connectivity index (χ1n) is 5.37. The van der Waals surface area contributed by atoms with Gasteiger partial charge in [0.15, 0.2) is 5.69 Å². The lowest BCUT2D eigenvalue weighted by Gasteiger charge is -2.05. The molecule has 1 aromatic carbocycles. The number of aromatic nitrogens is 2. The fourth-order valence-corrected chi connectivity index (χ4v) is 2.31. The van der Waals surface area contributed by atoms with Crippen LogP contribution in [0.2, 0.25) is 0 Å². The summed E-state index contributed by atoms with van der Waals surface area (Å²) in [5.41, 5.74) is 2.03. The summed E-state index contributed by atoms with van der Waals surface area (Å²) in [4.78, 5) is 10.7. The minimum atomic E-state index is -3.72. The molecule has 0 amide bonds. The molecule has 0 saturated carbocycles. The molecule has 1 heterocycles. The molecule has 8 heteroatoms. The standard InChI is InChI=1S/C11H12N4O3S/c1-7-11(14-16)8(2)15(13-7)9-3-5-10(6-4-9)19(12,17)18/h3-6H,1-2H3,(H2,12,17,18). The lowest BCUT2D eigenvalue weighted by atomic mass is 10.3. The third-order valence-corrected chi connectivity index (χ3v) is 3.68. The minimum Gasteiger partial charge on any atom is -0.235 e. The van der Waals surface area contributed by atoms with Gasteiger partial charge in [-0.05, 0) is 43.3 Å². The largest absolute Gasteiger partial charge is 0.238 e. The van der Waals surface area contributed by atoms with E-state index in [-0.39, 0.29) is 10.6 Å². The molecule has 2 N–H and O–H groups in total. The molecule has 0 atom stereocenters. The summed E-state index contributed by atoms with van der Waals surface area (Å²) >= 11 is 0. The van der Waals surface area contributed by atoms with Crippen LogP contribution < -0.4 is 5.14 Å². The molecule has 0 unspecified atom stereocenters. The van der Waals surface area contributed by atoms with E-state index < -0.39 is 10.0 Å². The maximum absolute atomic E-state index is 11.2. The minimum absolute atomic E-state index is 0.0199. The lowest BCUT2D eigenvalue weighted by molar-refractivity contribution is 0.598. The second-order valence-electron chi connectivity index (χ2n) is 4.06.